The number of fused-ring (bicyclic) bond motifs is 1. The van der Waals surface area contributed by atoms with E-state index >= 15 is 0 Å². The average Bonchev–Trinajstić information content (AvgIpc) is 3.04. The fraction of sp³-hybridized carbons (Fsp3) is 0.364. The minimum absolute atomic E-state index is 0.0254. The number of nitrogens with zero attached hydrogens (tertiary/aromatic N) is 3. The molecule has 1 aromatic heterocycles. The van der Waals surface area contributed by atoms with Crippen LogP contribution in [0.5, 0.6) is 0 Å². The van der Waals surface area contributed by atoms with Crippen molar-refractivity contribution in [1.29, 1.82) is 0 Å². The third-order valence-electron chi connectivity index (χ3n) is 7.91. The van der Waals surface area contributed by atoms with Gasteiger partial charge in [-0.15, -0.1) is 0 Å². The zero-order chi connectivity index (χ0) is 28.0. The molecule has 2 N–H and O–H groups in total. The molecular formula is C33H36N4O4. The molecule has 0 radical (unpaired) electrons. The van der Waals surface area contributed by atoms with Crippen molar-refractivity contribution in [2.24, 2.45) is 0 Å². The zero-order valence-electron chi connectivity index (χ0n) is 23.1. The van der Waals surface area contributed by atoms with Gasteiger partial charge in [0.05, 0.1) is 36.0 Å². The predicted octanol–water partition coefficient (Wildman–Crippen LogP) is 5.08. The molecule has 2 saturated heterocycles. The van der Waals surface area contributed by atoms with Crippen LogP contribution in [0.1, 0.15) is 70.8 Å². The van der Waals surface area contributed by atoms with Crippen LogP contribution in [-0.2, 0) is 22.6 Å². The number of benzene rings is 3. The summed E-state index contributed by atoms with van der Waals surface area (Å²) in [7, 11) is 0. The number of hydrogen-bond donors (Lipinski definition) is 2. The van der Waals surface area contributed by atoms with Gasteiger partial charge in [-0.05, 0) is 54.8 Å². The van der Waals surface area contributed by atoms with E-state index in [2.05, 4.69) is 20.2 Å². The number of carbonyl (C=O) groups is 1. The Bertz CT molecular complexity index is 1450. The van der Waals surface area contributed by atoms with Gasteiger partial charge in [-0.25, -0.2) is 4.98 Å². The number of ether oxygens (including phenoxy) is 2. The van der Waals surface area contributed by atoms with Gasteiger partial charge in [0, 0.05) is 25.1 Å². The van der Waals surface area contributed by atoms with Gasteiger partial charge in [0.15, 0.2) is 6.29 Å². The van der Waals surface area contributed by atoms with Crippen LogP contribution in [0.3, 0.4) is 0 Å². The smallest absolute Gasteiger partial charge is 0.271 e. The molecule has 0 saturated carbocycles. The average molecular weight is 553 g/mol. The number of hydrogen-bond acceptors (Lipinski definition) is 7. The standard InChI is InChI=1S/C33H36N4O4/c38-22-24-10-12-25(13-11-24)31-18-27(21-37-16-4-1-5-17-37)40-33(41-31)26-14-8-23(9-15-26)19-35-32(39)30-20-34-28-6-2-3-7-29(28)36-30/h2-3,6-15,20,27,31,33,38H,1,4-5,16-19,21-22H2,(H,35,39)/t27-,31+,33+/m0/s1. The van der Waals surface area contributed by atoms with E-state index in [1.54, 1.807) is 0 Å². The Morgan fingerprint density at radius 2 is 1.59 bits per heavy atom. The summed E-state index contributed by atoms with van der Waals surface area (Å²) in [4.78, 5) is 24.0. The lowest BCUT2D eigenvalue weighted by Gasteiger charge is -2.39. The molecule has 6 rings (SSSR count). The molecule has 8 heteroatoms. The predicted molar refractivity (Wildman–Crippen MR) is 156 cm³/mol. The van der Waals surface area contributed by atoms with Crippen molar-refractivity contribution in [3.8, 4) is 0 Å². The monoisotopic (exact) mass is 552 g/mol. The molecular weight excluding hydrogens is 516 g/mol. The van der Waals surface area contributed by atoms with Crippen molar-refractivity contribution in [3.05, 3.63) is 107 Å². The first-order valence-corrected chi connectivity index (χ1v) is 14.5. The van der Waals surface area contributed by atoms with Crippen molar-refractivity contribution >= 4 is 16.9 Å². The van der Waals surface area contributed by atoms with Crippen LogP contribution in [0.2, 0.25) is 0 Å². The minimum atomic E-state index is -0.488. The van der Waals surface area contributed by atoms with E-state index in [1.165, 1.54) is 25.5 Å². The van der Waals surface area contributed by atoms with E-state index in [-0.39, 0.29) is 24.7 Å². The molecule has 2 aliphatic heterocycles. The van der Waals surface area contributed by atoms with Crippen molar-refractivity contribution in [2.75, 3.05) is 19.6 Å². The lowest BCUT2D eigenvalue weighted by atomic mass is 9.99. The number of amides is 1. The first-order chi connectivity index (χ1) is 20.1. The number of aromatic nitrogens is 2. The normalized spacial score (nSPS) is 21.5. The quantitative estimate of drug-likeness (QED) is 0.315. The Balaban J connectivity index is 1.12. The summed E-state index contributed by atoms with van der Waals surface area (Å²) < 4.78 is 13.0. The number of aliphatic hydroxyl groups excluding tert-OH is 1. The van der Waals surface area contributed by atoms with Gasteiger partial charge in [0.1, 0.15) is 5.69 Å². The van der Waals surface area contributed by atoms with Crippen molar-refractivity contribution in [3.63, 3.8) is 0 Å². The maximum Gasteiger partial charge on any atom is 0.271 e. The molecule has 0 spiro atoms. The minimum Gasteiger partial charge on any atom is -0.392 e. The van der Waals surface area contributed by atoms with Gasteiger partial charge in [-0.1, -0.05) is 67.1 Å². The van der Waals surface area contributed by atoms with Crippen molar-refractivity contribution < 1.29 is 19.4 Å². The first-order valence-electron chi connectivity index (χ1n) is 14.5. The molecule has 212 valence electrons. The van der Waals surface area contributed by atoms with Gasteiger partial charge in [-0.3, -0.25) is 9.78 Å². The molecule has 0 unspecified atom stereocenters. The van der Waals surface area contributed by atoms with Crippen LogP contribution in [0.15, 0.2) is 79.0 Å². The molecule has 4 aromatic rings. The van der Waals surface area contributed by atoms with Crippen LogP contribution >= 0.6 is 0 Å². The van der Waals surface area contributed by atoms with Gasteiger partial charge >= 0.3 is 0 Å². The molecule has 8 nitrogen and oxygen atoms in total. The lowest BCUT2D eigenvalue weighted by Crippen LogP contribution is -2.41. The van der Waals surface area contributed by atoms with E-state index < -0.39 is 6.29 Å². The highest BCUT2D eigenvalue weighted by molar-refractivity contribution is 5.93. The second kappa shape index (κ2) is 12.9. The zero-order valence-corrected chi connectivity index (χ0v) is 23.1. The fourth-order valence-electron chi connectivity index (χ4n) is 5.60. The molecule has 0 aliphatic carbocycles. The van der Waals surface area contributed by atoms with Crippen molar-refractivity contribution in [1.82, 2.24) is 20.2 Å². The van der Waals surface area contributed by atoms with Gasteiger partial charge in [-0.2, -0.15) is 0 Å². The number of rotatable bonds is 8. The van der Waals surface area contributed by atoms with Crippen LogP contribution < -0.4 is 5.32 Å². The van der Waals surface area contributed by atoms with E-state index in [1.807, 2.05) is 72.8 Å². The van der Waals surface area contributed by atoms with E-state index in [0.29, 0.717) is 17.8 Å². The van der Waals surface area contributed by atoms with Gasteiger partial charge in [0.2, 0.25) is 0 Å². The number of para-hydroxylation sites is 2. The summed E-state index contributed by atoms with van der Waals surface area (Å²) in [6.07, 6.45) is 5.54. The third-order valence-corrected chi connectivity index (χ3v) is 7.91. The third kappa shape index (κ3) is 6.80. The Hall–Kier alpha value is -3.69. The molecule has 1 amide bonds. The molecule has 0 bridgehead atoms. The maximum absolute atomic E-state index is 12.7. The van der Waals surface area contributed by atoms with Crippen LogP contribution in [0, 0.1) is 0 Å². The molecule has 3 aromatic carbocycles. The summed E-state index contributed by atoms with van der Waals surface area (Å²) >= 11 is 0. The summed E-state index contributed by atoms with van der Waals surface area (Å²) in [5.41, 5.74) is 5.64. The van der Waals surface area contributed by atoms with Crippen LogP contribution in [0.25, 0.3) is 11.0 Å². The molecule has 2 aliphatic rings. The van der Waals surface area contributed by atoms with E-state index in [9.17, 15) is 9.90 Å². The SMILES string of the molecule is O=C(NCc1ccc([C@@H]2O[C@H](CN3CCCCC3)C[C@H](c3ccc(CO)cc3)O2)cc1)c1cnc2ccccc2n1. The van der Waals surface area contributed by atoms with Crippen LogP contribution in [0.4, 0.5) is 0 Å². The largest absolute Gasteiger partial charge is 0.392 e. The van der Waals surface area contributed by atoms with E-state index in [0.717, 1.165) is 53.8 Å². The van der Waals surface area contributed by atoms with Gasteiger partial charge in [0.25, 0.3) is 5.91 Å². The van der Waals surface area contributed by atoms with Gasteiger partial charge < -0.3 is 24.8 Å². The lowest BCUT2D eigenvalue weighted by molar-refractivity contribution is -0.253. The highest BCUT2D eigenvalue weighted by Gasteiger charge is 2.33. The molecule has 41 heavy (non-hydrogen) atoms. The van der Waals surface area contributed by atoms with Crippen molar-refractivity contribution in [2.45, 2.75) is 57.3 Å². The summed E-state index contributed by atoms with van der Waals surface area (Å²) in [6, 6.07) is 23.5. The Kier molecular flexibility index (Phi) is 8.63. The summed E-state index contributed by atoms with van der Waals surface area (Å²) in [5.74, 6) is -0.262. The van der Waals surface area contributed by atoms with E-state index in [4.69, 9.17) is 9.47 Å². The number of nitrogens with one attached hydrogen (secondary N) is 1. The first kappa shape index (κ1) is 27.5. The summed E-state index contributed by atoms with van der Waals surface area (Å²) in [5, 5.41) is 12.4. The molecule has 3 heterocycles. The Morgan fingerprint density at radius 3 is 2.34 bits per heavy atom. The number of carbonyl (C=O) groups excluding carboxylic acids is 1. The molecule has 2 fully saturated rings. The van der Waals surface area contributed by atoms with Crippen LogP contribution in [-0.4, -0.2) is 51.6 Å². The second-order valence-electron chi connectivity index (χ2n) is 10.9. The summed E-state index contributed by atoms with van der Waals surface area (Å²) in [6.45, 7) is 3.53. The highest BCUT2D eigenvalue weighted by Crippen LogP contribution is 2.38. The topological polar surface area (TPSA) is 96.8 Å². The Morgan fingerprint density at radius 1 is 0.878 bits per heavy atom. The molecule has 3 atom stereocenters. The highest BCUT2D eigenvalue weighted by atomic mass is 16.7. The Labute approximate surface area is 240 Å². The number of aliphatic hydroxyl groups is 1. The number of piperidine rings is 1. The second-order valence-corrected chi connectivity index (χ2v) is 10.9. The fourth-order valence-corrected chi connectivity index (χ4v) is 5.60. The number of likely N-dealkylation sites (tertiary alicyclic amines) is 1. The maximum atomic E-state index is 12.7.